The Bertz CT molecular complexity index is 512. The summed E-state index contributed by atoms with van der Waals surface area (Å²) in [5.74, 6) is 0.333. The molecule has 0 fully saturated rings. The van der Waals surface area contributed by atoms with Crippen LogP contribution in [-0.2, 0) is 6.42 Å². The van der Waals surface area contributed by atoms with Gasteiger partial charge in [0.05, 0.1) is 12.2 Å². The third-order valence-electron chi connectivity index (χ3n) is 3.12. The van der Waals surface area contributed by atoms with E-state index >= 15 is 0 Å². The third kappa shape index (κ3) is 2.10. The van der Waals surface area contributed by atoms with Crippen LogP contribution < -0.4 is 5.32 Å². The first-order valence-corrected chi connectivity index (χ1v) is 6.46. The fourth-order valence-electron chi connectivity index (χ4n) is 2.34. The number of phenols is 1. The van der Waals surface area contributed by atoms with Crippen molar-refractivity contribution in [2.45, 2.75) is 25.3 Å². The third-order valence-corrected chi connectivity index (χ3v) is 3.72. The van der Waals surface area contributed by atoms with E-state index in [0.717, 1.165) is 17.8 Å². The molecule has 17 heavy (non-hydrogen) atoms. The number of nitrogens with one attached hydrogen (secondary N) is 1. The highest BCUT2D eigenvalue weighted by atomic mass is 32.1. The van der Waals surface area contributed by atoms with Crippen LogP contribution in [0.15, 0.2) is 24.4 Å². The van der Waals surface area contributed by atoms with Crippen LogP contribution in [0, 0.1) is 0 Å². The topological polar surface area (TPSA) is 58.0 Å². The van der Waals surface area contributed by atoms with Crippen LogP contribution in [-0.4, -0.2) is 14.7 Å². The van der Waals surface area contributed by atoms with Crippen molar-refractivity contribution in [3.05, 3.63) is 35.5 Å². The molecule has 1 aliphatic rings. The van der Waals surface area contributed by atoms with Gasteiger partial charge < -0.3 is 10.4 Å². The molecule has 1 unspecified atom stereocenters. The van der Waals surface area contributed by atoms with Gasteiger partial charge in [0, 0.05) is 11.5 Å². The SMILES string of the molecule is Oc1ccc2c(c1)C(Nc1cnns1)CCC2. The molecule has 1 atom stereocenters. The summed E-state index contributed by atoms with van der Waals surface area (Å²) in [4.78, 5) is 0. The summed E-state index contributed by atoms with van der Waals surface area (Å²) in [6, 6.07) is 5.90. The molecule has 0 saturated heterocycles. The number of phenolic OH excluding ortho intramolecular Hbond substituents is 1. The van der Waals surface area contributed by atoms with E-state index in [4.69, 9.17) is 0 Å². The van der Waals surface area contributed by atoms with Gasteiger partial charge in [-0.05, 0) is 42.5 Å². The number of aromatic hydroxyl groups is 1. The Kier molecular flexibility index (Phi) is 2.68. The van der Waals surface area contributed by atoms with Gasteiger partial charge in [-0.15, -0.1) is 5.10 Å². The summed E-state index contributed by atoms with van der Waals surface area (Å²) in [7, 11) is 0. The zero-order valence-electron chi connectivity index (χ0n) is 9.26. The predicted octanol–water partition coefficient (Wildman–Crippen LogP) is 2.73. The first kappa shape index (κ1) is 10.5. The number of nitrogens with zero attached hydrogens (tertiary/aromatic N) is 2. The second-order valence-electron chi connectivity index (χ2n) is 4.25. The standard InChI is InChI=1S/C12H13N3OS/c16-9-5-4-8-2-1-3-11(10(8)6-9)14-12-7-13-15-17-12/h4-7,11,14,16H,1-3H2. The second-order valence-corrected chi connectivity index (χ2v) is 5.04. The van der Waals surface area contributed by atoms with E-state index in [9.17, 15) is 5.11 Å². The molecule has 1 heterocycles. The Hall–Kier alpha value is -1.62. The van der Waals surface area contributed by atoms with E-state index < -0.39 is 0 Å². The van der Waals surface area contributed by atoms with E-state index in [0.29, 0.717) is 5.75 Å². The maximum atomic E-state index is 9.58. The lowest BCUT2D eigenvalue weighted by Gasteiger charge is -2.26. The maximum absolute atomic E-state index is 9.58. The van der Waals surface area contributed by atoms with Gasteiger partial charge in [-0.1, -0.05) is 10.6 Å². The minimum Gasteiger partial charge on any atom is -0.508 e. The lowest BCUT2D eigenvalue weighted by atomic mass is 9.87. The number of hydrogen-bond donors (Lipinski definition) is 2. The van der Waals surface area contributed by atoms with Crippen LogP contribution in [0.4, 0.5) is 5.00 Å². The zero-order chi connectivity index (χ0) is 11.7. The lowest BCUT2D eigenvalue weighted by Crippen LogP contribution is -2.16. The van der Waals surface area contributed by atoms with Crippen LogP contribution in [0.25, 0.3) is 0 Å². The monoisotopic (exact) mass is 247 g/mol. The number of rotatable bonds is 2. The van der Waals surface area contributed by atoms with E-state index in [1.165, 1.54) is 29.1 Å². The van der Waals surface area contributed by atoms with E-state index in [1.807, 2.05) is 12.1 Å². The molecule has 1 aromatic carbocycles. The molecule has 0 aliphatic heterocycles. The average Bonchev–Trinajstić information content (AvgIpc) is 2.83. The van der Waals surface area contributed by atoms with Gasteiger partial charge >= 0.3 is 0 Å². The van der Waals surface area contributed by atoms with Crippen molar-refractivity contribution in [3.63, 3.8) is 0 Å². The molecular formula is C12H13N3OS. The molecule has 4 nitrogen and oxygen atoms in total. The van der Waals surface area contributed by atoms with Gasteiger partial charge in [0.2, 0.25) is 0 Å². The number of fused-ring (bicyclic) bond motifs is 1. The van der Waals surface area contributed by atoms with Crippen molar-refractivity contribution in [3.8, 4) is 5.75 Å². The minimum absolute atomic E-state index is 0.257. The first-order valence-electron chi connectivity index (χ1n) is 5.68. The lowest BCUT2D eigenvalue weighted by molar-refractivity contribution is 0.471. The van der Waals surface area contributed by atoms with E-state index in [-0.39, 0.29) is 6.04 Å². The Morgan fingerprint density at radius 1 is 1.41 bits per heavy atom. The smallest absolute Gasteiger partial charge is 0.130 e. The molecule has 88 valence electrons. The maximum Gasteiger partial charge on any atom is 0.130 e. The van der Waals surface area contributed by atoms with E-state index in [2.05, 4.69) is 14.9 Å². The van der Waals surface area contributed by atoms with Crippen LogP contribution >= 0.6 is 11.5 Å². The molecule has 1 aromatic heterocycles. The zero-order valence-corrected chi connectivity index (χ0v) is 10.1. The fourth-order valence-corrected chi connectivity index (χ4v) is 2.81. The molecule has 0 spiro atoms. The van der Waals surface area contributed by atoms with Crippen LogP contribution in [0.1, 0.15) is 30.0 Å². The minimum atomic E-state index is 0.257. The van der Waals surface area contributed by atoms with Gasteiger partial charge in [-0.25, -0.2) is 0 Å². The summed E-state index contributed by atoms with van der Waals surface area (Å²) in [6.07, 6.45) is 5.08. The highest BCUT2D eigenvalue weighted by molar-refractivity contribution is 7.09. The number of aromatic nitrogens is 2. The summed E-state index contributed by atoms with van der Waals surface area (Å²) in [5, 5.41) is 17.8. The molecule has 0 bridgehead atoms. The average molecular weight is 247 g/mol. The molecular weight excluding hydrogens is 234 g/mol. The molecule has 0 saturated carbocycles. The van der Waals surface area contributed by atoms with E-state index in [1.54, 1.807) is 12.3 Å². The molecule has 2 N–H and O–H groups in total. The Balaban J connectivity index is 1.90. The van der Waals surface area contributed by atoms with Crippen molar-refractivity contribution in [1.29, 1.82) is 0 Å². The normalized spacial score (nSPS) is 18.7. The van der Waals surface area contributed by atoms with Crippen molar-refractivity contribution < 1.29 is 5.11 Å². The molecule has 0 radical (unpaired) electrons. The first-order chi connectivity index (χ1) is 8.33. The van der Waals surface area contributed by atoms with Gasteiger partial charge in [0.15, 0.2) is 0 Å². The highest BCUT2D eigenvalue weighted by Gasteiger charge is 2.20. The number of benzene rings is 1. The molecule has 0 amide bonds. The molecule has 5 heteroatoms. The van der Waals surface area contributed by atoms with Gasteiger partial charge in [-0.2, -0.15) is 0 Å². The summed E-state index contributed by atoms with van der Waals surface area (Å²) >= 11 is 1.36. The van der Waals surface area contributed by atoms with Gasteiger partial charge in [0.1, 0.15) is 10.8 Å². The second kappa shape index (κ2) is 4.33. The Morgan fingerprint density at radius 3 is 3.18 bits per heavy atom. The number of hydrogen-bond acceptors (Lipinski definition) is 5. The van der Waals surface area contributed by atoms with Crippen LogP contribution in [0.3, 0.4) is 0 Å². The quantitative estimate of drug-likeness (QED) is 0.856. The fraction of sp³-hybridized carbons (Fsp3) is 0.333. The van der Waals surface area contributed by atoms with Crippen molar-refractivity contribution in [2.75, 3.05) is 5.32 Å². The summed E-state index contributed by atoms with van der Waals surface area (Å²) < 4.78 is 3.84. The highest BCUT2D eigenvalue weighted by Crippen LogP contribution is 2.34. The molecule has 3 rings (SSSR count). The summed E-state index contributed by atoms with van der Waals surface area (Å²) in [6.45, 7) is 0. The van der Waals surface area contributed by atoms with Gasteiger partial charge in [-0.3, -0.25) is 0 Å². The number of anilines is 1. The van der Waals surface area contributed by atoms with Crippen molar-refractivity contribution >= 4 is 16.5 Å². The number of aryl methyl sites for hydroxylation is 1. The van der Waals surface area contributed by atoms with Gasteiger partial charge in [0.25, 0.3) is 0 Å². The van der Waals surface area contributed by atoms with Crippen LogP contribution in [0.5, 0.6) is 5.75 Å². The van der Waals surface area contributed by atoms with Crippen LogP contribution in [0.2, 0.25) is 0 Å². The van der Waals surface area contributed by atoms with Crippen molar-refractivity contribution in [2.24, 2.45) is 0 Å². The Morgan fingerprint density at radius 2 is 2.35 bits per heavy atom. The largest absolute Gasteiger partial charge is 0.508 e. The molecule has 1 aliphatic carbocycles. The molecule has 2 aromatic rings. The summed E-state index contributed by atoms with van der Waals surface area (Å²) in [5.41, 5.74) is 2.52. The predicted molar refractivity (Wildman–Crippen MR) is 67.3 cm³/mol. The van der Waals surface area contributed by atoms with Crippen molar-refractivity contribution in [1.82, 2.24) is 9.59 Å². The Labute approximate surface area is 103 Å².